The van der Waals surface area contributed by atoms with Crippen LogP contribution < -0.4 is 10.2 Å². The number of rotatable bonds is 4. The molecule has 0 aliphatic rings. The Morgan fingerprint density at radius 3 is 2.67 bits per heavy atom. The molecular formula is C15H13BrN2O3. The predicted octanol–water partition coefficient (Wildman–Crippen LogP) is 2.93. The number of hydrogen-bond acceptors (Lipinski definition) is 4. The van der Waals surface area contributed by atoms with Crippen LogP contribution >= 0.6 is 15.9 Å². The molecule has 2 rings (SSSR count). The van der Waals surface area contributed by atoms with Gasteiger partial charge in [-0.25, -0.2) is 5.43 Å². The lowest BCUT2D eigenvalue weighted by Crippen LogP contribution is -2.18. The molecule has 0 aromatic heterocycles. The van der Waals surface area contributed by atoms with Gasteiger partial charge in [-0.3, -0.25) is 4.79 Å². The van der Waals surface area contributed by atoms with Crippen LogP contribution in [0.3, 0.4) is 0 Å². The zero-order chi connectivity index (χ0) is 15.2. The van der Waals surface area contributed by atoms with Crippen LogP contribution in [0.4, 0.5) is 0 Å². The third-order valence-corrected chi connectivity index (χ3v) is 3.17. The van der Waals surface area contributed by atoms with E-state index in [9.17, 15) is 9.90 Å². The fourth-order valence-corrected chi connectivity index (χ4v) is 2.00. The van der Waals surface area contributed by atoms with E-state index in [0.717, 1.165) is 10.0 Å². The summed E-state index contributed by atoms with van der Waals surface area (Å²) in [4.78, 5) is 12.1. The van der Waals surface area contributed by atoms with Gasteiger partial charge in [0.1, 0.15) is 11.5 Å². The van der Waals surface area contributed by atoms with Gasteiger partial charge in [0.15, 0.2) is 0 Å². The van der Waals surface area contributed by atoms with E-state index >= 15 is 0 Å². The van der Waals surface area contributed by atoms with Crippen molar-refractivity contribution in [2.45, 2.75) is 0 Å². The smallest absolute Gasteiger partial charge is 0.275 e. The van der Waals surface area contributed by atoms with E-state index in [0.29, 0.717) is 11.3 Å². The molecule has 0 fully saturated rings. The molecule has 6 heteroatoms. The first-order valence-corrected chi connectivity index (χ1v) is 6.85. The van der Waals surface area contributed by atoms with Gasteiger partial charge in [-0.1, -0.05) is 15.9 Å². The minimum Gasteiger partial charge on any atom is -0.508 e. The summed E-state index contributed by atoms with van der Waals surface area (Å²) in [5.74, 6) is 0.272. The number of nitrogens with zero attached hydrogens (tertiary/aromatic N) is 1. The molecule has 0 aliphatic heterocycles. The Hall–Kier alpha value is -2.34. The summed E-state index contributed by atoms with van der Waals surface area (Å²) in [5, 5.41) is 13.0. The Morgan fingerprint density at radius 1 is 1.29 bits per heavy atom. The summed E-state index contributed by atoms with van der Waals surface area (Å²) in [6, 6.07) is 11.6. The van der Waals surface area contributed by atoms with E-state index < -0.39 is 0 Å². The van der Waals surface area contributed by atoms with Crippen LogP contribution in [-0.2, 0) is 0 Å². The van der Waals surface area contributed by atoms with Gasteiger partial charge >= 0.3 is 0 Å². The van der Waals surface area contributed by atoms with E-state index in [4.69, 9.17) is 4.74 Å². The zero-order valence-electron chi connectivity index (χ0n) is 11.2. The quantitative estimate of drug-likeness (QED) is 0.659. The number of hydrazone groups is 1. The van der Waals surface area contributed by atoms with Gasteiger partial charge < -0.3 is 9.84 Å². The standard InChI is InChI=1S/C15H13BrN2O3/c1-21-14-7-4-11(16)8-13(14)15(20)18-17-9-10-2-5-12(19)6-3-10/h2-9,19H,1H3,(H,18,20)/b17-9-. The van der Waals surface area contributed by atoms with Gasteiger partial charge in [0.25, 0.3) is 5.91 Å². The molecule has 0 spiro atoms. The zero-order valence-corrected chi connectivity index (χ0v) is 12.8. The number of halogens is 1. The Bertz CT molecular complexity index is 669. The second-order valence-electron chi connectivity index (χ2n) is 4.14. The number of methoxy groups -OCH3 is 1. The number of hydrogen-bond donors (Lipinski definition) is 2. The van der Waals surface area contributed by atoms with Crippen molar-refractivity contribution in [1.29, 1.82) is 0 Å². The van der Waals surface area contributed by atoms with Gasteiger partial charge in [0, 0.05) is 4.47 Å². The molecule has 2 N–H and O–H groups in total. The first-order valence-electron chi connectivity index (χ1n) is 6.06. The average Bonchev–Trinajstić information content (AvgIpc) is 2.49. The molecule has 0 unspecified atom stereocenters. The number of ether oxygens (including phenoxy) is 1. The topological polar surface area (TPSA) is 70.9 Å². The van der Waals surface area contributed by atoms with Crippen LogP contribution in [0.2, 0.25) is 0 Å². The van der Waals surface area contributed by atoms with Crippen molar-refractivity contribution >= 4 is 28.1 Å². The van der Waals surface area contributed by atoms with Crippen LogP contribution in [0.5, 0.6) is 11.5 Å². The predicted molar refractivity (Wildman–Crippen MR) is 83.9 cm³/mol. The van der Waals surface area contributed by atoms with Gasteiger partial charge in [-0.05, 0) is 48.0 Å². The Kier molecular flexibility index (Phi) is 4.94. The van der Waals surface area contributed by atoms with Gasteiger partial charge in [-0.15, -0.1) is 0 Å². The summed E-state index contributed by atoms with van der Waals surface area (Å²) in [5.41, 5.74) is 3.57. The number of aromatic hydroxyl groups is 1. The highest BCUT2D eigenvalue weighted by atomic mass is 79.9. The molecule has 0 bridgehead atoms. The third kappa shape index (κ3) is 4.06. The lowest BCUT2D eigenvalue weighted by atomic mass is 10.2. The molecule has 0 saturated carbocycles. The number of carbonyl (C=O) groups excluding carboxylic acids is 1. The normalized spacial score (nSPS) is 10.6. The largest absolute Gasteiger partial charge is 0.508 e. The molecule has 0 atom stereocenters. The lowest BCUT2D eigenvalue weighted by molar-refractivity contribution is 0.0952. The second-order valence-corrected chi connectivity index (χ2v) is 5.05. The van der Waals surface area contributed by atoms with Crippen molar-refractivity contribution in [3.05, 3.63) is 58.1 Å². The number of carbonyl (C=O) groups is 1. The maximum Gasteiger partial charge on any atom is 0.275 e. The number of amides is 1. The summed E-state index contributed by atoms with van der Waals surface area (Å²) >= 11 is 3.31. The van der Waals surface area contributed by atoms with E-state index in [2.05, 4.69) is 26.5 Å². The molecule has 0 saturated heterocycles. The minimum absolute atomic E-state index is 0.176. The van der Waals surface area contributed by atoms with Crippen molar-refractivity contribution in [3.63, 3.8) is 0 Å². The average molecular weight is 349 g/mol. The number of phenolic OH excluding ortho intramolecular Hbond substituents is 1. The molecule has 0 radical (unpaired) electrons. The Balaban J connectivity index is 2.08. The van der Waals surface area contributed by atoms with Gasteiger partial charge in [0.2, 0.25) is 0 Å². The Morgan fingerprint density at radius 2 is 2.00 bits per heavy atom. The first kappa shape index (κ1) is 15.1. The molecule has 2 aromatic rings. The molecule has 108 valence electrons. The van der Waals surface area contributed by atoms with Crippen molar-refractivity contribution in [1.82, 2.24) is 5.43 Å². The SMILES string of the molecule is COc1ccc(Br)cc1C(=O)N/N=C\c1ccc(O)cc1. The van der Waals surface area contributed by atoms with Gasteiger partial charge in [-0.2, -0.15) is 5.10 Å². The van der Waals surface area contributed by atoms with Crippen molar-refractivity contribution in [2.75, 3.05) is 7.11 Å². The van der Waals surface area contributed by atoms with Crippen LogP contribution in [-0.4, -0.2) is 24.3 Å². The summed E-state index contributed by atoms with van der Waals surface area (Å²) in [7, 11) is 1.50. The molecule has 1 amide bonds. The second kappa shape index (κ2) is 6.90. The fraction of sp³-hybridized carbons (Fsp3) is 0.0667. The summed E-state index contributed by atoms with van der Waals surface area (Å²) < 4.78 is 5.91. The molecule has 0 heterocycles. The van der Waals surface area contributed by atoms with Crippen LogP contribution in [0.15, 0.2) is 52.0 Å². The van der Waals surface area contributed by atoms with E-state index in [-0.39, 0.29) is 11.7 Å². The molecular weight excluding hydrogens is 336 g/mol. The maximum atomic E-state index is 12.1. The molecule has 0 aliphatic carbocycles. The highest BCUT2D eigenvalue weighted by Crippen LogP contribution is 2.22. The molecule has 5 nitrogen and oxygen atoms in total. The fourth-order valence-electron chi connectivity index (χ4n) is 1.64. The van der Waals surface area contributed by atoms with E-state index in [1.807, 2.05) is 0 Å². The first-order chi connectivity index (χ1) is 10.1. The monoisotopic (exact) mass is 348 g/mol. The number of nitrogens with one attached hydrogen (secondary N) is 1. The number of benzene rings is 2. The van der Waals surface area contributed by atoms with Gasteiger partial charge in [0.05, 0.1) is 18.9 Å². The minimum atomic E-state index is -0.372. The van der Waals surface area contributed by atoms with Crippen LogP contribution in [0.1, 0.15) is 15.9 Å². The summed E-state index contributed by atoms with van der Waals surface area (Å²) in [6.07, 6.45) is 1.49. The highest BCUT2D eigenvalue weighted by molar-refractivity contribution is 9.10. The molecule has 2 aromatic carbocycles. The summed E-state index contributed by atoms with van der Waals surface area (Å²) in [6.45, 7) is 0. The Labute approximate surface area is 130 Å². The van der Waals surface area contributed by atoms with Crippen molar-refractivity contribution < 1.29 is 14.6 Å². The van der Waals surface area contributed by atoms with Crippen LogP contribution in [0, 0.1) is 0 Å². The van der Waals surface area contributed by atoms with E-state index in [1.54, 1.807) is 42.5 Å². The third-order valence-electron chi connectivity index (χ3n) is 2.68. The maximum absolute atomic E-state index is 12.1. The van der Waals surface area contributed by atoms with Crippen molar-refractivity contribution in [3.8, 4) is 11.5 Å². The van der Waals surface area contributed by atoms with Crippen molar-refractivity contribution in [2.24, 2.45) is 5.10 Å². The molecule has 21 heavy (non-hydrogen) atoms. The lowest BCUT2D eigenvalue weighted by Gasteiger charge is -2.07. The van der Waals surface area contributed by atoms with E-state index in [1.165, 1.54) is 13.3 Å². The van der Waals surface area contributed by atoms with Crippen LogP contribution in [0.25, 0.3) is 0 Å². The number of phenols is 1. The highest BCUT2D eigenvalue weighted by Gasteiger charge is 2.11.